The molecule has 1 aliphatic rings. The van der Waals surface area contributed by atoms with E-state index in [1.54, 1.807) is 12.1 Å². The molecular weight excluding hydrogens is 240 g/mol. The van der Waals surface area contributed by atoms with Crippen LogP contribution < -0.4 is 0 Å². The minimum atomic E-state index is -0.825. The molecule has 1 aromatic carbocycles. The molecule has 0 spiro atoms. The van der Waals surface area contributed by atoms with Crippen molar-refractivity contribution in [3.63, 3.8) is 0 Å². The molecule has 0 saturated carbocycles. The lowest BCUT2D eigenvalue weighted by Crippen LogP contribution is -2.36. The van der Waals surface area contributed by atoms with E-state index in [2.05, 4.69) is 12.1 Å². The predicted molar refractivity (Wildman–Crippen MR) is 72.5 cm³/mol. The first-order valence-electron chi connectivity index (χ1n) is 6.35. The van der Waals surface area contributed by atoms with Gasteiger partial charge in [0.15, 0.2) is 0 Å². The third kappa shape index (κ3) is 3.59. The Kier molecular flexibility index (Phi) is 4.19. The number of carboxylic acid groups (broad SMARTS) is 1. The first kappa shape index (κ1) is 13.2. The second-order valence-electron chi connectivity index (χ2n) is 4.70. The van der Waals surface area contributed by atoms with Crippen molar-refractivity contribution in [2.24, 2.45) is 5.92 Å². The minimum Gasteiger partial charge on any atom is -0.465 e. The van der Waals surface area contributed by atoms with E-state index >= 15 is 0 Å². The molecule has 19 heavy (non-hydrogen) atoms. The summed E-state index contributed by atoms with van der Waals surface area (Å²) in [5, 5.41) is 17.6. The lowest BCUT2D eigenvalue weighted by molar-refractivity contribution is 0.129. The number of allylic oxidation sites excluding steroid dienone is 1. The highest BCUT2D eigenvalue weighted by Crippen LogP contribution is 2.19. The van der Waals surface area contributed by atoms with Crippen molar-refractivity contribution in [3.05, 3.63) is 41.5 Å². The molecule has 0 unspecified atom stereocenters. The summed E-state index contributed by atoms with van der Waals surface area (Å²) >= 11 is 0. The topological polar surface area (TPSA) is 64.3 Å². The normalized spacial score (nSPS) is 16.5. The SMILES string of the molecule is N#Cc1ccc(/C=C/C2CCN(C(=O)O)CC2)cc1. The van der Waals surface area contributed by atoms with Gasteiger partial charge < -0.3 is 10.0 Å². The molecule has 2 rings (SSSR count). The van der Waals surface area contributed by atoms with Crippen LogP contribution in [0.25, 0.3) is 6.08 Å². The van der Waals surface area contributed by atoms with E-state index in [1.165, 1.54) is 4.90 Å². The van der Waals surface area contributed by atoms with Crippen molar-refractivity contribution in [2.75, 3.05) is 13.1 Å². The van der Waals surface area contributed by atoms with Crippen molar-refractivity contribution >= 4 is 12.2 Å². The molecule has 98 valence electrons. The molecule has 0 aromatic heterocycles. The molecule has 1 heterocycles. The zero-order valence-corrected chi connectivity index (χ0v) is 10.6. The second-order valence-corrected chi connectivity index (χ2v) is 4.70. The summed E-state index contributed by atoms with van der Waals surface area (Å²) in [6.45, 7) is 1.22. The molecule has 4 nitrogen and oxygen atoms in total. The van der Waals surface area contributed by atoms with Gasteiger partial charge in [0, 0.05) is 13.1 Å². The van der Waals surface area contributed by atoms with Crippen LogP contribution in [0.3, 0.4) is 0 Å². The van der Waals surface area contributed by atoms with Crippen LogP contribution in [0.2, 0.25) is 0 Å². The van der Waals surface area contributed by atoms with Crippen molar-refractivity contribution < 1.29 is 9.90 Å². The second kappa shape index (κ2) is 6.05. The van der Waals surface area contributed by atoms with E-state index < -0.39 is 6.09 Å². The molecule has 1 saturated heterocycles. The van der Waals surface area contributed by atoms with Crippen LogP contribution in [0.5, 0.6) is 0 Å². The number of nitriles is 1. The summed E-state index contributed by atoms with van der Waals surface area (Å²) in [5.41, 5.74) is 1.73. The number of benzene rings is 1. The standard InChI is InChI=1S/C15H16N2O2/c16-11-14-5-3-12(4-6-14)1-2-13-7-9-17(10-8-13)15(18)19/h1-6,13H,7-10H2,(H,18,19)/b2-1+. The molecule has 1 amide bonds. The Morgan fingerprint density at radius 1 is 1.32 bits per heavy atom. The Morgan fingerprint density at radius 2 is 1.95 bits per heavy atom. The monoisotopic (exact) mass is 256 g/mol. The van der Waals surface area contributed by atoms with Gasteiger partial charge in [0.1, 0.15) is 0 Å². The Balaban J connectivity index is 1.89. The van der Waals surface area contributed by atoms with Crippen molar-refractivity contribution in [1.29, 1.82) is 5.26 Å². The van der Waals surface area contributed by atoms with E-state index in [9.17, 15) is 4.79 Å². The van der Waals surface area contributed by atoms with Gasteiger partial charge in [0.2, 0.25) is 0 Å². The number of carbonyl (C=O) groups is 1. The molecule has 1 fully saturated rings. The Labute approximate surface area is 112 Å². The fourth-order valence-corrected chi connectivity index (χ4v) is 2.20. The maximum Gasteiger partial charge on any atom is 0.407 e. The third-order valence-corrected chi connectivity index (χ3v) is 3.41. The Hall–Kier alpha value is -2.28. The zero-order chi connectivity index (χ0) is 13.7. The molecule has 1 aliphatic heterocycles. The maximum absolute atomic E-state index is 10.8. The fourth-order valence-electron chi connectivity index (χ4n) is 2.20. The van der Waals surface area contributed by atoms with Crippen molar-refractivity contribution in [1.82, 2.24) is 4.90 Å². The highest BCUT2D eigenvalue weighted by Gasteiger charge is 2.20. The van der Waals surface area contributed by atoms with Gasteiger partial charge in [0.05, 0.1) is 11.6 Å². The van der Waals surface area contributed by atoms with Crippen molar-refractivity contribution in [2.45, 2.75) is 12.8 Å². The summed E-state index contributed by atoms with van der Waals surface area (Å²) in [4.78, 5) is 12.2. The van der Waals surface area contributed by atoms with E-state index in [4.69, 9.17) is 10.4 Å². The minimum absolute atomic E-state index is 0.436. The maximum atomic E-state index is 10.8. The summed E-state index contributed by atoms with van der Waals surface area (Å²) < 4.78 is 0. The van der Waals surface area contributed by atoms with Gasteiger partial charge in [-0.3, -0.25) is 0 Å². The number of amides is 1. The van der Waals surface area contributed by atoms with E-state index in [0.717, 1.165) is 18.4 Å². The molecule has 0 atom stereocenters. The van der Waals surface area contributed by atoms with Gasteiger partial charge in [-0.1, -0.05) is 24.3 Å². The number of piperidine rings is 1. The van der Waals surface area contributed by atoms with E-state index in [0.29, 0.717) is 24.6 Å². The van der Waals surface area contributed by atoms with Crippen LogP contribution in [0.1, 0.15) is 24.0 Å². The summed E-state index contributed by atoms with van der Waals surface area (Å²) in [7, 11) is 0. The molecule has 1 aromatic rings. The Morgan fingerprint density at radius 3 is 2.47 bits per heavy atom. The van der Waals surface area contributed by atoms with Gasteiger partial charge in [-0.25, -0.2) is 4.79 Å². The summed E-state index contributed by atoms with van der Waals surface area (Å²) in [6.07, 6.45) is 5.11. The first-order valence-corrected chi connectivity index (χ1v) is 6.35. The van der Waals surface area contributed by atoms with Crippen molar-refractivity contribution in [3.8, 4) is 6.07 Å². The lowest BCUT2D eigenvalue weighted by atomic mass is 9.96. The van der Waals surface area contributed by atoms with Gasteiger partial charge in [-0.05, 0) is 36.5 Å². The van der Waals surface area contributed by atoms with Crippen LogP contribution in [0, 0.1) is 17.2 Å². The van der Waals surface area contributed by atoms with Gasteiger partial charge >= 0.3 is 6.09 Å². The molecule has 0 radical (unpaired) electrons. The quantitative estimate of drug-likeness (QED) is 0.884. The average Bonchev–Trinajstić information content (AvgIpc) is 2.46. The number of hydrogen-bond acceptors (Lipinski definition) is 2. The molecule has 1 N–H and O–H groups in total. The predicted octanol–water partition coefficient (Wildman–Crippen LogP) is 2.96. The van der Waals surface area contributed by atoms with Crippen LogP contribution in [-0.2, 0) is 0 Å². The largest absolute Gasteiger partial charge is 0.465 e. The fraction of sp³-hybridized carbons (Fsp3) is 0.333. The molecular formula is C15H16N2O2. The van der Waals surface area contributed by atoms with Gasteiger partial charge in [-0.2, -0.15) is 5.26 Å². The Bertz CT molecular complexity index is 506. The summed E-state index contributed by atoms with van der Waals surface area (Å²) in [6, 6.07) is 9.52. The smallest absolute Gasteiger partial charge is 0.407 e. The number of nitrogens with zero attached hydrogens (tertiary/aromatic N) is 2. The van der Waals surface area contributed by atoms with Gasteiger partial charge in [-0.15, -0.1) is 0 Å². The summed E-state index contributed by atoms with van der Waals surface area (Å²) in [5.74, 6) is 0.436. The van der Waals surface area contributed by atoms with E-state index in [1.807, 2.05) is 18.2 Å². The molecule has 4 heteroatoms. The third-order valence-electron chi connectivity index (χ3n) is 3.41. The number of hydrogen-bond donors (Lipinski definition) is 1. The molecule has 0 bridgehead atoms. The number of likely N-dealkylation sites (tertiary alicyclic amines) is 1. The first-order chi connectivity index (χ1) is 9.19. The van der Waals surface area contributed by atoms with Gasteiger partial charge in [0.25, 0.3) is 0 Å². The highest BCUT2D eigenvalue weighted by molar-refractivity contribution is 5.65. The van der Waals surface area contributed by atoms with Crippen LogP contribution >= 0.6 is 0 Å². The lowest BCUT2D eigenvalue weighted by Gasteiger charge is -2.28. The van der Waals surface area contributed by atoms with Crippen LogP contribution in [0.15, 0.2) is 30.3 Å². The molecule has 0 aliphatic carbocycles. The van der Waals surface area contributed by atoms with E-state index in [-0.39, 0.29) is 0 Å². The van der Waals surface area contributed by atoms with Crippen LogP contribution in [-0.4, -0.2) is 29.2 Å². The highest BCUT2D eigenvalue weighted by atomic mass is 16.4. The zero-order valence-electron chi connectivity index (χ0n) is 10.6. The van der Waals surface area contributed by atoms with Crippen LogP contribution in [0.4, 0.5) is 4.79 Å². The number of rotatable bonds is 2. The average molecular weight is 256 g/mol.